The number of nitrogens with one attached hydrogen (secondary N) is 2. The van der Waals surface area contributed by atoms with Gasteiger partial charge in [0.1, 0.15) is 12.1 Å². The van der Waals surface area contributed by atoms with Gasteiger partial charge >= 0.3 is 11.9 Å². The topological polar surface area (TPSA) is 142 Å². The second kappa shape index (κ2) is 42.4. The Labute approximate surface area is 344 Å². The minimum Gasteiger partial charge on any atom is -0.480 e. The Bertz CT molecular complexity index is 915. The van der Waals surface area contributed by atoms with Crippen LogP contribution in [0, 0.1) is 0 Å². The molecule has 0 saturated carbocycles. The van der Waals surface area contributed by atoms with E-state index >= 15 is 0 Å². The number of hydrogen-bond donors (Lipinski definition) is 4. The zero-order chi connectivity index (χ0) is 41.2. The Kier molecular flexibility index (Phi) is 40.8. The van der Waals surface area contributed by atoms with E-state index in [0.717, 1.165) is 57.8 Å². The van der Waals surface area contributed by atoms with Crippen LogP contribution in [-0.4, -0.2) is 59.3 Å². The Balaban J connectivity index is 4.24. The second-order valence-corrected chi connectivity index (χ2v) is 16.6. The summed E-state index contributed by atoms with van der Waals surface area (Å²) in [4.78, 5) is 47.7. The number of carbonyl (C=O) groups excluding carboxylic acids is 3. The van der Waals surface area contributed by atoms with Gasteiger partial charge in [0.2, 0.25) is 11.8 Å². The lowest BCUT2D eigenvalue weighted by Crippen LogP contribution is -2.47. The summed E-state index contributed by atoms with van der Waals surface area (Å²) in [6, 6.07) is -1.38. The van der Waals surface area contributed by atoms with Crippen molar-refractivity contribution in [2.24, 2.45) is 0 Å². The normalized spacial score (nSPS) is 12.3. The summed E-state index contributed by atoms with van der Waals surface area (Å²) >= 11 is 0. The zero-order valence-corrected chi connectivity index (χ0v) is 36.7. The molecule has 9 nitrogen and oxygen atoms in total. The predicted molar refractivity (Wildman–Crippen MR) is 232 cm³/mol. The van der Waals surface area contributed by atoms with Gasteiger partial charge in [-0.25, -0.2) is 4.79 Å². The van der Waals surface area contributed by atoms with E-state index in [0.29, 0.717) is 19.3 Å². The van der Waals surface area contributed by atoms with Crippen LogP contribution in [0.1, 0.15) is 251 Å². The van der Waals surface area contributed by atoms with Crippen molar-refractivity contribution in [3.05, 3.63) is 0 Å². The number of unbranched alkanes of at least 4 members (excludes halogenated alkanes) is 30. The fraction of sp³-hybridized carbons (Fsp3) is 0.915. The van der Waals surface area contributed by atoms with Gasteiger partial charge in [-0.1, -0.05) is 200 Å². The lowest BCUT2D eigenvalue weighted by molar-refractivity contribution is -0.150. The van der Waals surface area contributed by atoms with Crippen LogP contribution < -0.4 is 10.6 Å². The molecule has 4 N–H and O–H groups in total. The number of ether oxygens (including phenoxy) is 1. The first-order valence-electron chi connectivity index (χ1n) is 23.9. The largest absolute Gasteiger partial charge is 0.480 e. The molecule has 0 bridgehead atoms. The first-order valence-corrected chi connectivity index (χ1v) is 23.9. The molecule has 9 heteroatoms. The molecule has 0 heterocycles. The van der Waals surface area contributed by atoms with Crippen molar-refractivity contribution >= 4 is 23.8 Å². The average molecular weight is 795 g/mol. The summed E-state index contributed by atoms with van der Waals surface area (Å²) in [5.74, 6) is -2.27. The summed E-state index contributed by atoms with van der Waals surface area (Å²) in [7, 11) is 0. The molecule has 0 aromatic rings. The summed E-state index contributed by atoms with van der Waals surface area (Å²) in [5, 5.41) is 22.6. The van der Waals surface area contributed by atoms with E-state index in [1.807, 2.05) is 0 Å². The number of carboxylic acids is 1. The molecule has 0 aromatic heterocycles. The lowest BCUT2D eigenvalue weighted by Gasteiger charge is -2.18. The van der Waals surface area contributed by atoms with Crippen LogP contribution in [0.4, 0.5) is 0 Å². The molecule has 2 amide bonds. The highest BCUT2D eigenvalue weighted by molar-refractivity contribution is 5.87. The summed E-state index contributed by atoms with van der Waals surface area (Å²) in [6.45, 7) is 3.52. The fourth-order valence-electron chi connectivity index (χ4n) is 7.42. The molecule has 56 heavy (non-hydrogen) atoms. The predicted octanol–water partition coefficient (Wildman–Crippen LogP) is 12.0. The van der Waals surface area contributed by atoms with Crippen LogP contribution in [-0.2, 0) is 23.9 Å². The van der Waals surface area contributed by atoms with E-state index in [9.17, 15) is 19.2 Å². The Morgan fingerprint density at radius 2 is 0.804 bits per heavy atom. The van der Waals surface area contributed by atoms with Crippen LogP contribution >= 0.6 is 0 Å². The lowest BCUT2D eigenvalue weighted by atomic mass is 10.0. The van der Waals surface area contributed by atoms with Gasteiger partial charge in [-0.2, -0.15) is 0 Å². The Hall–Kier alpha value is -2.16. The number of esters is 1. The number of carbonyl (C=O) groups is 4. The van der Waals surface area contributed by atoms with Crippen molar-refractivity contribution in [1.29, 1.82) is 0 Å². The highest BCUT2D eigenvalue weighted by atomic mass is 16.5. The van der Waals surface area contributed by atoms with Crippen molar-refractivity contribution < 1.29 is 34.1 Å². The first kappa shape index (κ1) is 53.8. The molecule has 0 aromatic carbocycles. The zero-order valence-electron chi connectivity index (χ0n) is 36.7. The SMILES string of the molecule is CCCCCCCCCCCCCCCCCCC(=O)OC(CCCCCCCCCCCCCC)CCCCCCCC(=O)NCC(=O)NC(CO)C(=O)O. The molecule has 0 fully saturated rings. The van der Waals surface area contributed by atoms with Gasteiger partial charge in [0, 0.05) is 12.8 Å². The molecule has 0 spiro atoms. The molecule has 0 radical (unpaired) electrons. The number of amides is 2. The third-order valence-corrected chi connectivity index (χ3v) is 11.1. The third-order valence-electron chi connectivity index (χ3n) is 11.1. The van der Waals surface area contributed by atoms with E-state index in [2.05, 4.69) is 24.5 Å². The van der Waals surface area contributed by atoms with E-state index in [1.165, 1.54) is 161 Å². The highest BCUT2D eigenvalue weighted by Gasteiger charge is 2.19. The molecule has 0 aliphatic heterocycles. The molecule has 0 aliphatic rings. The maximum absolute atomic E-state index is 12.8. The van der Waals surface area contributed by atoms with Gasteiger partial charge in [0.25, 0.3) is 0 Å². The standard InChI is InChI=1S/C47H90N2O7/c1-3-5-7-9-11-13-15-17-18-19-20-22-24-26-31-35-39-46(53)56-42(36-32-28-25-23-21-16-14-12-10-8-6-4-2)37-33-29-27-30-34-38-44(51)48-40-45(52)49-43(41-50)47(54)55/h42-43,50H,3-41H2,1-2H3,(H,48,51)(H,49,52)(H,54,55). The number of carboxylic acid groups (broad SMARTS) is 1. The summed E-state index contributed by atoms with van der Waals surface area (Å²) in [5.41, 5.74) is 0. The minimum atomic E-state index is -1.38. The van der Waals surface area contributed by atoms with Crippen molar-refractivity contribution in [2.45, 2.75) is 264 Å². The molecule has 0 saturated heterocycles. The average Bonchev–Trinajstić information content (AvgIpc) is 3.18. The van der Waals surface area contributed by atoms with Crippen molar-refractivity contribution in [2.75, 3.05) is 13.2 Å². The first-order chi connectivity index (χ1) is 27.3. The highest BCUT2D eigenvalue weighted by Crippen LogP contribution is 2.19. The van der Waals surface area contributed by atoms with Gasteiger partial charge in [-0.05, 0) is 38.5 Å². The molecule has 2 atom stereocenters. The van der Waals surface area contributed by atoms with Gasteiger partial charge in [-0.15, -0.1) is 0 Å². The van der Waals surface area contributed by atoms with Crippen LogP contribution in [0.2, 0.25) is 0 Å². The monoisotopic (exact) mass is 795 g/mol. The van der Waals surface area contributed by atoms with Gasteiger partial charge in [-0.3, -0.25) is 14.4 Å². The van der Waals surface area contributed by atoms with Crippen LogP contribution in [0.5, 0.6) is 0 Å². The smallest absolute Gasteiger partial charge is 0.328 e. The van der Waals surface area contributed by atoms with E-state index in [-0.39, 0.29) is 24.5 Å². The Morgan fingerprint density at radius 3 is 1.16 bits per heavy atom. The van der Waals surface area contributed by atoms with E-state index < -0.39 is 24.5 Å². The Morgan fingerprint density at radius 1 is 0.464 bits per heavy atom. The molecule has 2 unspecified atom stereocenters. The van der Waals surface area contributed by atoms with Crippen molar-refractivity contribution in [3.8, 4) is 0 Å². The van der Waals surface area contributed by atoms with Gasteiger partial charge in [0.15, 0.2) is 0 Å². The number of aliphatic carboxylic acids is 1. The number of aliphatic hydroxyl groups excluding tert-OH is 1. The minimum absolute atomic E-state index is 0.00448. The molecule has 0 aliphatic carbocycles. The maximum atomic E-state index is 12.8. The number of aliphatic hydroxyl groups is 1. The van der Waals surface area contributed by atoms with E-state index in [1.54, 1.807) is 0 Å². The maximum Gasteiger partial charge on any atom is 0.328 e. The van der Waals surface area contributed by atoms with Crippen LogP contribution in [0.15, 0.2) is 0 Å². The fourth-order valence-corrected chi connectivity index (χ4v) is 7.42. The van der Waals surface area contributed by atoms with E-state index in [4.69, 9.17) is 14.9 Å². The van der Waals surface area contributed by atoms with Gasteiger partial charge < -0.3 is 25.6 Å². The van der Waals surface area contributed by atoms with Crippen LogP contribution in [0.25, 0.3) is 0 Å². The summed E-state index contributed by atoms with van der Waals surface area (Å²) in [6.07, 6.45) is 44.2. The summed E-state index contributed by atoms with van der Waals surface area (Å²) < 4.78 is 6.05. The van der Waals surface area contributed by atoms with Crippen molar-refractivity contribution in [3.63, 3.8) is 0 Å². The molecule has 330 valence electrons. The quantitative estimate of drug-likeness (QED) is 0.0355. The molecular formula is C47H90N2O7. The number of hydrogen-bond acceptors (Lipinski definition) is 6. The molecular weight excluding hydrogens is 705 g/mol. The number of rotatable bonds is 44. The van der Waals surface area contributed by atoms with Crippen LogP contribution in [0.3, 0.4) is 0 Å². The second-order valence-electron chi connectivity index (χ2n) is 16.6. The molecule has 0 rings (SSSR count). The van der Waals surface area contributed by atoms with Crippen molar-refractivity contribution in [1.82, 2.24) is 10.6 Å². The van der Waals surface area contributed by atoms with Gasteiger partial charge in [0.05, 0.1) is 13.2 Å². The third kappa shape index (κ3) is 38.7.